The zero-order chi connectivity index (χ0) is 13.3. The standard InChI is InChI=1S/C16H16N2O/c1-19-15-5-3-12-8-14(4-2-13(12)9-15)18-11-16(10-17)6-7-16/h2-5,8-9,18H,6-7,11H2,1H3. The average Bonchev–Trinajstić information content (AvgIpc) is 3.25. The molecule has 0 spiro atoms. The predicted octanol–water partition coefficient (Wildman–Crippen LogP) is 3.56. The third-order valence-corrected chi connectivity index (χ3v) is 3.77. The first-order valence-electron chi connectivity index (χ1n) is 6.48. The second kappa shape index (κ2) is 4.47. The number of fused-ring (bicyclic) bond motifs is 1. The number of hydrogen-bond donors (Lipinski definition) is 1. The topological polar surface area (TPSA) is 45.0 Å². The molecule has 1 N–H and O–H groups in total. The molecule has 96 valence electrons. The number of rotatable bonds is 4. The lowest BCUT2D eigenvalue weighted by Gasteiger charge is -2.10. The number of methoxy groups -OCH3 is 1. The van der Waals surface area contributed by atoms with Gasteiger partial charge in [-0.2, -0.15) is 5.26 Å². The summed E-state index contributed by atoms with van der Waals surface area (Å²) in [5.74, 6) is 0.870. The molecule has 0 unspecified atom stereocenters. The van der Waals surface area contributed by atoms with Crippen LogP contribution in [0.2, 0.25) is 0 Å². The molecule has 0 radical (unpaired) electrons. The van der Waals surface area contributed by atoms with Gasteiger partial charge in [0, 0.05) is 12.2 Å². The lowest BCUT2D eigenvalue weighted by atomic mass is 10.1. The third kappa shape index (κ3) is 2.34. The van der Waals surface area contributed by atoms with Crippen LogP contribution in [0.3, 0.4) is 0 Å². The fourth-order valence-electron chi connectivity index (χ4n) is 2.21. The highest BCUT2D eigenvalue weighted by Crippen LogP contribution is 2.44. The van der Waals surface area contributed by atoms with E-state index in [1.165, 1.54) is 5.39 Å². The highest BCUT2D eigenvalue weighted by atomic mass is 16.5. The van der Waals surface area contributed by atoms with E-state index in [9.17, 15) is 0 Å². The summed E-state index contributed by atoms with van der Waals surface area (Å²) < 4.78 is 5.22. The lowest BCUT2D eigenvalue weighted by molar-refractivity contribution is 0.415. The molecule has 1 aliphatic carbocycles. The first-order valence-corrected chi connectivity index (χ1v) is 6.48. The number of anilines is 1. The highest BCUT2D eigenvalue weighted by Gasteiger charge is 2.42. The van der Waals surface area contributed by atoms with Gasteiger partial charge in [-0.05, 0) is 47.9 Å². The van der Waals surface area contributed by atoms with Crippen molar-refractivity contribution in [1.82, 2.24) is 0 Å². The SMILES string of the molecule is COc1ccc2cc(NCC3(C#N)CC3)ccc2c1. The van der Waals surface area contributed by atoms with Gasteiger partial charge < -0.3 is 10.1 Å². The van der Waals surface area contributed by atoms with E-state index in [1.54, 1.807) is 7.11 Å². The van der Waals surface area contributed by atoms with Crippen molar-refractivity contribution in [3.05, 3.63) is 36.4 Å². The first-order chi connectivity index (χ1) is 9.24. The molecule has 3 nitrogen and oxygen atoms in total. The van der Waals surface area contributed by atoms with Crippen LogP contribution in [0.5, 0.6) is 5.75 Å². The predicted molar refractivity (Wildman–Crippen MR) is 76.3 cm³/mol. The molecule has 0 heterocycles. The Morgan fingerprint density at radius 1 is 1.21 bits per heavy atom. The van der Waals surface area contributed by atoms with E-state index in [-0.39, 0.29) is 5.41 Å². The van der Waals surface area contributed by atoms with Crippen LogP contribution in [-0.2, 0) is 0 Å². The fraction of sp³-hybridized carbons (Fsp3) is 0.312. The molecule has 2 aromatic rings. The monoisotopic (exact) mass is 252 g/mol. The Balaban J connectivity index is 1.80. The Morgan fingerprint density at radius 3 is 2.63 bits per heavy atom. The van der Waals surface area contributed by atoms with Crippen molar-refractivity contribution >= 4 is 16.5 Å². The number of hydrogen-bond acceptors (Lipinski definition) is 3. The van der Waals surface area contributed by atoms with Crippen molar-refractivity contribution in [2.24, 2.45) is 5.41 Å². The van der Waals surface area contributed by atoms with Crippen LogP contribution in [0, 0.1) is 16.7 Å². The van der Waals surface area contributed by atoms with Crippen molar-refractivity contribution in [3.63, 3.8) is 0 Å². The van der Waals surface area contributed by atoms with Gasteiger partial charge in [0.05, 0.1) is 18.6 Å². The Labute approximate surface area is 112 Å². The molecule has 3 rings (SSSR count). The van der Waals surface area contributed by atoms with E-state index in [2.05, 4.69) is 35.7 Å². The number of nitrogens with zero attached hydrogens (tertiary/aromatic N) is 1. The smallest absolute Gasteiger partial charge is 0.119 e. The van der Waals surface area contributed by atoms with Crippen LogP contribution in [0.25, 0.3) is 10.8 Å². The van der Waals surface area contributed by atoms with Crippen LogP contribution in [-0.4, -0.2) is 13.7 Å². The second-order valence-electron chi connectivity index (χ2n) is 5.17. The Bertz CT molecular complexity index is 653. The number of benzene rings is 2. The molecule has 2 aromatic carbocycles. The lowest BCUT2D eigenvalue weighted by Crippen LogP contribution is -2.13. The minimum atomic E-state index is -0.116. The van der Waals surface area contributed by atoms with Gasteiger partial charge in [-0.25, -0.2) is 0 Å². The molecule has 0 bridgehead atoms. The largest absolute Gasteiger partial charge is 0.497 e. The van der Waals surface area contributed by atoms with Gasteiger partial charge in [-0.15, -0.1) is 0 Å². The molecule has 1 aliphatic rings. The highest BCUT2D eigenvalue weighted by molar-refractivity contribution is 5.87. The second-order valence-corrected chi connectivity index (χ2v) is 5.17. The molecule has 19 heavy (non-hydrogen) atoms. The fourth-order valence-corrected chi connectivity index (χ4v) is 2.21. The maximum absolute atomic E-state index is 9.06. The summed E-state index contributed by atoms with van der Waals surface area (Å²) in [7, 11) is 1.67. The normalized spacial score (nSPS) is 15.8. The van der Waals surface area contributed by atoms with Crippen molar-refractivity contribution in [3.8, 4) is 11.8 Å². The van der Waals surface area contributed by atoms with Gasteiger partial charge in [0.15, 0.2) is 0 Å². The molecular weight excluding hydrogens is 236 g/mol. The third-order valence-electron chi connectivity index (χ3n) is 3.77. The summed E-state index contributed by atoms with van der Waals surface area (Å²) in [6.45, 7) is 0.741. The first kappa shape index (κ1) is 11.9. The average molecular weight is 252 g/mol. The molecule has 1 fully saturated rings. The molecular formula is C16H16N2O. The molecule has 0 amide bonds. The molecule has 0 aliphatic heterocycles. The van der Waals surface area contributed by atoms with Crippen molar-refractivity contribution in [2.45, 2.75) is 12.8 Å². The van der Waals surface area contributed by atoms with Gasteiger partial charge in [-0.1, -0.05) is 12.1 Å². The molecule has 0 atom stereocenters. The maximum Gasteiger partial charge on any atom is 0.119 e. The molecule has 3 heteroatoms. The maximum atomic E-state index is 9.06. The Morgan fingerprint density at radius 2 is 1.95 bits per heavy atom. The van der Waals surface area contributed by atoms with Crippen LogP contribution < -0.4 is 10.1 Å². The van der Waals surface area contributed by atoms with Crippen LogP contribution >= 0.6 is 0 Å². The van der Waals surface area contributed by atoms with Gasteiger partial charge in [-0.3, -0.25) is 0 Å². The van der Waals surface area contributed by atoms with Gasteiger partial charge in [0.2, 0.25) is 0 Å². The molecule has 0 saturated heterocycles. The van der Waals surface area contributed by atoms with E-state index in [0.717, 1.165) is 36.2 Å². The Kier molecular flexibility index (Phi) is 2.79. The van der Waals surface area contributed by atoms with Crippen LogP contribution in [0.15, 0.2) is 36.4 Å². The van der Waals surface area contributed by atoms with Gasteiger partial charge in [0.1, 0.15) is 5.75 Å². The van der Waals surface area contributed by atoms with E-state index in [4.69, 9.17) is 10.00 Å². The summed E-state index contributed by atoms with van der Waals surface area (Å²) in [5.41, 5.74) is 0.952. The van der Waals surface area contributed by atoms with Crippen molar-refractivity contribution < 1.29 is 4.74 Å². The number of nitrogens with one attached hydrogen (secondary N) is 1. The van der Waals surface area contributed by atoms with E-state index < -0.39 is 0 Å². The minimum Gasteiger partial charge on any atom is -0.497 e. The minimum absolute atomic E-state index is 0.116. The zero-order valence-electron chi connectivity index (χ0n) is 10.9. The quantitative estimate of drug-likeness (QED) is 0.904. The summed E-state index contributed by atoms with van der Waals surface area (Å²) >= 11 is 0. The summed E-state index contributed by atoms with van der Waals surface area (Å²) in [6, 6.07) is 14.7. The molecule has 0 aromatic heterocycles. The van der Waals surface area contributed by atoms with Gasteiger partial charge >= 0.3 is 0 Å². The van der Waals surface area contributed by atoms with Crippen molar-refractivity contribution in [2.75, 3.05) is 19.0 Å². The zero-order valence-corrected chi connectivity index (χ0v) is 10.9. The summed E-state index contributed by atoms with van der Waals surface area (Å²) in [6.07, 6.45) is 2.03. The number of nitriles is 1. The number of ether oxygens (including phenoxy) is 1. The molecule has 1 saturated carbocycles. The summed E-state index contributed by atoms with van der Waals surface area (Å²) in [5, 5.41) is 14.8. The summed E-state index contributed by atoms with van der Waals surface area (Å²) in [4.78, 5) is 0. The van der Waals surface area contributed by atoms with Crippen molar-refractivity contribution in [1.29, 1.82) is 5.26 Å². The van der Waals surface area contributed by atoms with Crippen LogP contribution in [0.1, 0.15) is 12.8 Å². The van der Waals surface area contributed by atoms with E-state index in [1.807, 2.05) is 12.1 Å². The van der Waals surface area contributed by atoms with Gasteiger partial charge in [0.25, 0.3) is 0 Å². The van der Waals surface area contributed by atoms with Crippen LogP contribution in [0.4, 0.5) is 5.69 Å². The van der Waals surface area contributed by atoms with E-state index >= 15 is 0 Å². The van der Waals surface area contributed by atoms with E-state index in [0.29, 0.717) is 0 Å². The Hall–Kier alpha value is -2.21.